The first kappa shape index (κ1) is 14.1. The molecule has 2 N–H and O–H groups in total. The topological polar surface area (TPSA) is 44.5 Å². The summed E-state index contributed by atoms with van der Waals surface area (Å²) < 4.78 is 37.2. The van der Waals surface area contributed by atoms with Crippen LogP contribution < -0.4 is 15.2 Å². The van der Waals surface area contributed by atoms with E-state index in [-0.39, 0.29) is 25.7 Å². The van der Waals surface area contributed by atoms with E-state index in [9.17, 15) is 8.78 Å². The summed E-state index contributed by atoms with van der Waals surface area (Å²) in [6.45, 7) is 0. The Hall–Kier alpha value is -1.36. The van der Waals surface area contributed by atoms with Gasteiger partial charge < -0.3 is 15.2 Å². The largest absolute Gasteiger partial charge is 0.496 e. The number of alkyl halides is 2. The van der Waals surface area contributed by atoms with E-state index in [1.165, 1.54) is 0 Å². The normalized spacial score (nSPS) is 20.9. The monoisotopic (exact) mass is 271 g/mol. The summed E-state index contributed by atoms with van der Waals surface area (Å²) in [4.78, 5) is 0. The maximum atomic E-state index is 13.3. The van der Waals surface area contributed by atoms with E-state index in [2.05, 4.69) is 0 Å². The first-order chi connectivity index (χ1) is 8.92. The maximum Gasteiger partial charge on any atom is 0.248 e. The Balaban J connectivity index is 2.40. The Bertz CT molecular complexity index is 431. The van der Waals surface area contributed by atoms with E-state index in [0.29, 0.717) is 17.1 Å². The summed E-state index contributed by atoms with van der Waals surface area (Å²) in [7, 11) is 3.08. The molecular weight excluding hydrogens is 252 g/mol. The second-order valence-corrected chi connectivity index (χ2v) is 5.05. The first-order valence-corrected chi connectivity index (χ1v) is 6.30. The quantitative estimate of drug-likeness (QED) is 0.919. The van der Waals surface area contributed by atoms with Crippen LogP contribution in [-0.2, 0) is 5.54 Å². The Morgan fingerprint density at radius 1 is 1.00 bits per heavy atom. The molecule has 0 aliphatic heterocycles. The predicted molar refractivity (Wildman–Crippen MR) is 68.8 cm³/mol. The molecule has 0 radical (unpaired) electrons. The van der Waals surface area contributed by atoms with Crippen molar-refractivity contribution < 1.29 is 18.3 Å². The van der Waals surface area contributed by atoms with Crippen LogP contribution in [0.25, 0.3) is 0 Å². The van der Waals surface area contributed by atoms with Crippen LogP contribution in [0.3, 0.4) is 0 Å². The van der Waals surface area contributed by atoms with Crippen molar-refractivity contribution in [3.05, 3.63) is 23.8 Å². The highest BCUT2D eigenvalue weighted by atomic mass is 19.3. The molecule has 5 heteroatoms. The number of halogens is 2. The Kier molecular flexibility index (Phi) is 3.67. The number of hydrogen-bond acceptors (Lipinski definition) is 3. The van der Waals surface area contributed by atoms with Crippen LogP contribution in [0.15, 0.2) is 18.2 Å². The highest BCUT2D eigenvalue weighted by Crippen LogP contribution is 2.47. The molecule has 0 unspecified atom stereocenters. The number of ether oxygens (including phenoxy) is 2. The smallest absolute Gasteiger partial charge is 0.248 e. The van der Waals surface area contributed by atoms with E-state index >= 15 is 0 Å². The lowest BCUT2D eigenvalue weighted by Gasteiger charge is -2.38. The molecule has 0 saturated heterocycles. The highest BCUT2D eigenvalue weighted by Gasteiger charge is 2.44. The number of rotatable bonds is 3. The van der Waals surface area contributed by atoms with Gasteiger partial charge in [0.25, 0.3) is 0 Å². The van der Waals surface area contributed by atoms with Crippen molar-refractivity contribution in [2.45, 2.75) is 37.1 Å². The van der Waals surface area contributed by atoms with Gasteiger partial charge in [-0.2, -0.15) is 0 Å². The summed E-state index contributed by atoms with van der Waals surface area (Å²) >= 11 is 0. The second-order valence-electron chi connectivity index (χ2n) is 5.05. The minimum Gasteiger partial charge on any atom is -0.496 e. The number of methoxy groups -OCH3 is 2. The molecule has 1 aliphatic carbocycles. The van der Waals surface area contributed by atoms with Gasteiger partial charge in [0.1, 0.15) is 11.5 Å². The van der Waals surface area contributed by atoms with Crippen LogP contribution in [0.1, 0.15) is 31.2 Å². The molecule has 1 aromatic rings. The zero-order valence-corrected chi connectivity index (χ0v) is 11.2. The van der Waals surface area contributed by atoms with Gasteiger partial charge >= 0.3 is 0 Å². The van der Waals surface area contributed by atoms with Gasteiger partial charge in [0, 0.05) is 18.4 Å². The van der Waals surface area contributed by atoms with Gasteiger partial charge in [-0.25, -0.2) is 8.78 Å². The van der Waals surface area contributed by atoms with Crippen molar-refractivity contribution in [2.24, 2.45) is 5.73 Å². The maximum absolute atomic E-state index is 13.3. The Morgan fingerprint density at radius 2 is 1.47 bits per heavy atom. The molecule has 1 fully saturated rings. The number of benzene rings is 1. The minimum atomic E-state index is -2.61. The summed E-state index contributed by atoms with van der Waals surface area (Å²) in [5.41, 5.74) is 6.23. The molecule has 3 nitrogen and oxygen atoms in total. The fraction of sp³-hybridized carbons (Fsp3) is 0.571. The summed E-state index contributed by atoms with van der Waals surface area (Å²) in [5, 5.41) is 0. The lowest BCUT2D eigenvalue weighted by molar-refractivity contribution is -0.0518. The van der Waals surface area contributed by atoms with E-state index in [0.717, 1.165) is 0 Å². The van der Waals surface area contributed by atoms with E-state index in [4.69, 9.17) is 15.2 Å². The molecule has 0 aromatic heterocycles. The Morgan fingerprint density at radius 3 is 1.89 bits per heavy atom. The minimum absolute atomic E-state index is 0.204. The van der Waals surface area contributed by atoms with Crippen molar-refractivity contribution in [2.75, 3.05) is 14.2 Å². The van der Waals surface area contributed by atoms with Gasteiger partial charge in [0.15, 0.2) is 0 Å². The zero-order valence-electron chi connectivity index (χ0n) is 11.2. The van der Waals surface area contributed by atoms with Crippen molar-refractivity contribution in [3.8, 4) is 11.5 Å². The van der Waals surface area contributed by atoms with Crippen LogP contribution in [0.5, 0.6) is 11.5 Å². The zero-order chi connectivity index (χ0) is 14.1. The van der Waals surface area contributed by atoms with Gasteiger partial charge in [-0.3, -0.25) is 0 Å². The molecule has 0 bridgehead atoms. The average Bonchev–Trinajstić information content (AvgIpc) is 2.41. The van der Waals surface area contributed by atoms with Gasteiger partial charge in [-0.1, -0.05) is 6.07 Å². The summed E-state index contributed by atoms with van der Waals surface area (Å²) in [6.07, 6.45) is 0.0306. The van der Waals surface area contributed by atoms with Crippen LogP contribution in [0, 0.1) is 0 Å². The number of hydrogen-bond donors (Lipinski definition) is 1. The molecule has 19 heavy (non-hydrogen) atoms. The van der Waals surface area contributed by atoms with Crippen molar-refractivity contribution in [1.29, 1.82) is 0 Å². The molecular formula is C14H19F2NO2. The van der Waals surface area contributed by atoms with Crippen LogP contribution >= 0.6 is 0 Å². The van der Waals surface area contributed by atoms with Crippen LogP contribution in [0.4, 0.5) is 8.78 Å². The van der Waals surface area contributed by atoms with Gasteiger partial charge in [0.05, 0.1) is 19.8 Å². The lowest BCUT2D eigenvalue weighted by atomic mass is 9.75. The van der Waals surface area contributed by atoms with Crippen molar-refractivity contribution >= 4 is 0 Å². The molecule has 106 valence electrons. The van der Waals surface area contributed by atoms with Gasteiger partial charge in [-0.05, 0) is 25.0 Å². The third kappa shape index (κ3) is 2.66. The van der Waals surface area contributed by atoms with E-state index in [1.807, 2.05) is 0 Å². The fourth-order valence-electron chi connectivity index (χ4n) is 2.65. The third-order valence-corrected chi connectivity index (χ3v) is 3.80. The van der Waals surface area contributed by atoms with E-state index in [1.54, 1.807) is 32.4 Å². The summed E-state index contributed by atoms with van der Waals surface area (Å²) in [6, 6.07) is 5.35. The molecule has 0 heterocycles. The van der Waals surface area contributed by atoms with Crippen molar-refractivity contribution in [3.63, 3.8) is 0 Å². The van der Waals surface area contributed by atoms with E-state index < -0.39 is 11.5 Å². The van der Waals surface area contributed by atoms with Crippen molar-refractivity contribution in [1.82, 2.24) is 0 Å². The Labute approximate surface area is 111 Å². The van der Waals surface area contributed by atoms with Gasteiger partial charge in [0.2, 0.25) is 5.92 Å². The molecule has 0 amide bonds. The molecule has 0 atom stereocenters. The average molecular weight is 271 g/mol. The third-order valence-electron chi connectivity index (χ3n) is 3.80. The highest BCUT2D eigenvalue weighted by molar-refractivity contribution is 5.49. The summed E-state index contributed by atoms with van der Waals surface area (Å²) in [5.74, 6) is -1.43. The standard InChI is InChI=1S/C14H19F2NO2/c1-18-10-4-3-5-11(19-2)12(10)13(17)6-8-14(15,16)9-7-13/h3-5H,6-9,17H2,1-2H3. The molecule has 1 aromatic carbocycles. The van der Waals surface area contributed by atoms with Crippen LogP contribution in [-0.4, -0.2) is 20.1 Å². The molecule has 1 aliphatic rings. The molecule has 1 saturated carbocycles. The molecule has 0 spiro atoms. The number of nitrogens with two attached hydrogens (primary N) is 1. The SMILES string of the molecule is COc1cccc(OC)c1C1(N)CCC(F)(F)CC1. The van der Waals surface area contributed by atoms with Crippen LogP contribution in [0.2, 0.25) is 0 Å². The molecule has 2 rings (SSSR count). The predicted octanol–water partition coefficient (Wildman–Crippen LogP) is 3.07. The lowest BCUT2D eigenvalue weighted by Crippen LogP contribution is -2.44. The fourth-order valence-corrected chi connectivity index (χ4v) is 2.65. The second kappa shape index (κ2) is 4.96. The first-order valence-electron chi connectivity index (χ1n) is 6.30. The van der Waals surface area contributed by atoms with Gasteiger partial charge in [-0.15, -0.1) is 0 Å².